The molecule has 3 nitrogen and oxygen atoms in total. The molecule has 3 aromatic rings. The highest BCUT2D eigenvalue weighted by Crippen LogP contribution is 2.35. The highest BCUT2D eigenvalue weighted by atomic mass is 35.5. The van der Waals surface area contributed by atoms with Crippen molar-refractivity contribution in [2.75, 3.05) is 0 Å². The highest BCUT2D eigenvalue weighted by Gasteiger charge is 2.42. The summed E-state index contributed by atoms with van der Waals surface area (Å²) in [6.07, 6.45) is 4.60. The van der Waals surface area contributed by atoms with Gasteiger partial charge in [-0.2, -0.15) is 0 Å². The number of benzene rings is 2. The highest BCUT2D eigenvalue weighted by molar-refractivity contribution is 6.37. The molecule has 3 rings (SSSR count). The van der Waals surface area contributed by atoms with Crippen LogP contribution in [-0.4, -0.2) is 15.3 Å². The Kier molecular flexibility index (Phi) is 4.69. The fourth-order valence-electron chi connectivity index (χ4n) is 2.52. The van der Waals surface area contributed by atoms with Crippen LogP contribution >= 0.6 is 23.2 Å². The first kappa shape index (κ1) is 16.7. The summed E-state index contributed by atoms with van der Waals surface area (Å²) in [5, 5.41) is 0.506. The topological polar surface area (TPSA) is 34.9 Å². The molecule has 0 spiro atoms. The molecule has 0 fully saturated rings. The molecule has 1 heterocycles. The first-order valence-corrected chi connectivity index (χ1v) is 7.96. The Balaban J connectivity index is 2.08. The van der Waals surface area contributed by atoms with Gasteiger partial charge in [0.2, 0.25) is 11.5 Å². The number of halogens is 3. The molecule has 122 valence electrons. The van der Waals surface area contributed by atoms with E-state index >= 15 is 4.39 Å². The molecule has 1 aromatic heterocycles. The van der Waals surface area contributed by atoms with E-state index in [4.69, 9.17) is 23.2 Å². The number of alkyl halides is 1. The van der Waals surface area contributed by atoms with E-state index < -0.39 is 11.5 Å². The fourth-order valence-corrected chi connectivity index (χ4v) is 3.01. The van der Waals surface area contributed by atoms with Crippen LogP contribution in [0.25, 0.3) is 0 Å². The molecule has 0 N–H and O–H groups in total. The van der Waals surface area contributed by atoms with Gasteiger partial charge in [0.25, 0.3) is 0 Å². The summed E-state index contributed by atoms with van der Waals surface area (Å²) >= 11 is 12.0. The lowest BCUT2D eigenvalue weighted by atomic mass is 9.87. The summed E-state index contributed by atoms with van der Waals surface area (Å²) in [7, 11) is 0. The maximum absolute atomic E-state index is 16.0. The number of hydrogen-bond acceptors (Lipinski definition) is 2. The third-order valence-corrected chi connectivity index (χ3v) is 4.27. The zero-order valence-corrected chi connectivity index (χ0v) is 14.0. The lowest BCUT2D eigenvalue weighted by Crippen LogP contribution is -2.36. The first-order chi connectivity index (χ1) is 11.5. The maximum Gasteiger partial charge on any atom is 0.216 e. The van der Waals surface area contributed by atoms with Crippen LogP contribution in [0.5, 0.6) is 0 Å². The molecular formula is C18H13Cl2FN2O. The predicted octanol–water partition coefficient (Wildman–Crippen LogP) is 4.94. The van der Waals surface area contributed by atoms with Crippen LogP contribution in [0.1, 0.15) is 15.9 Å². The largest absolute Gasteiger partial charge is 0.333 e. The summed E-state index contributed by atoms with van der Waals surface area (Å²) in [4.78, 5) is 16.9. The van der Waals surface area contributed by atoms with E-state index in [-0.39, 0.29) is 22.7 Å². The van der Waals surface area contributed by atoms with Crippen LogP contribution in [0.15, 0.2) is 67.3 Å². The van der Waals surface area contributed by atoms with Crippen molar-refractivity contribution >= 4 is 29.0 Å². The van der Waals surface area contributed by atoms with E-state index in [9.17, 15) is 4.79 Å². The average molecular weight is 363 g/mol. The maximum atomic E-state index is 16.0. The van der Waals surface area contributed by atoms with Crippen LogP contribution in [0.2, 0.25) is 10.0 Å². The fraction of sp³-hybridized carbons (Fsp3) is 0.111. The third kappa shape index (κ3) is 3.21. The van der Waals surface area contributed by atoms with E-state index in [1.54, 1.807) is 36.5 Å². The number of ketones is 1. The molecule has 0 bridgehead atoms. The molecule has 0 saturated carbocycles. The molecule has 24 heavy (non-hydrogen) atoms. The van der Waals surface area contributed by atoms with Gasteiger partial charge in [-0.25, -0.2) is 9.37 Å². The quantitative estimate of drug-likeness (QED) is 0.602. The SMILES string of the molecule is O=C(c1ccc(Cl)cc1Cl)C(F)(Cn1ccnc1)c1ccccc1. The van der Waals surface area contributed by atoms with Gasteiger partial charge in [0.15, 0.2) is 0 Å². The Morgan fingerprint density at radius 1 is 1.17 bits per heavy atom. The van der Waals surface area contributed by atoms with Gasteiger partial charge in [-0.05, 0) is 23.8 Å². The lowest BCUT2D eigenvalue weighted by molar-refractivity contribution is 0.0627. The Morgan fingerprint density at radius 2 is 1.92 bits per heavy atom. The first-order valence-electron chi connectivity index (χ1n) is 7.21. The van der Waals surface area contributed by atoms with Gasteiger partial charge in [-0.15, -0.1) is 0 Å². The summed E-state index contributed by atoms with van der Waals surface area (Å²) in [6, 6.07) is 12.7. The number of nitrogens with zero attached hydrogens (tertiary/aromatic N) is 2. The molecule has 2 aromatic carbocycles. The van der Waals surface area contributed by atoms with Crippen LogP contribution in [0.4, 0.5) is 4.39 Å². The van der Waals surface area contributed by atoms with E-state index in [0.29, 0.717) is 5.02 Å². The second-order valence-electron chi connectivity index (χ2n) is 5.36. The molecule has 0 aliphatic carbocycles. The molecule has 0 aliphatic rings. The van der Waals surface area contributed by atoms with Gasteiger partial charge in [0, 0.05) is 23.0 Å². The zero-order chi connectivity index (χ0) is 17.2. The van der Waals surface area contributed by atoms with Crippen molar-refractivity contribution in [1.29, 1.82) is 0 Å². The summed E-state index contributed by atoms with van der Waals surface area (Å²) in [5.74, 6) is -0.718. The summed E-state index contributed by atoms with van der Waals surface area (Å²) < 4.78 is 17.5. The average Bonchev–Trinajstić information content (AvgIpc) is 3.08. The van der Waals surface area contributed by atoms with Crippen LogP contribution in [0.3, 0.4) is 0 Å². The molecule has 0 radical (unpaired) electrons. The molecule has 1 unspecified atom stereocenters. The van der Waals surface area contributed by atoms with Gasteiger partial charge < -0.3 is 4.57 Å². The number of carbonyl (C=O) groups excluding carboxylic acids is 1. The monoisotopic (exact) mass is 362 g/mol. The van der Waals surface area contributed by atoms with E-state index in [1.807, 2.05) is 0 Å². The van der Waals surface area contributed by atoms with Gasteiger partial charge >= 0.3 is 0 Å². The molecule has 0 aliphatic heterocycles. The zero-order valence-electron chi connectivity index (χ0n) is 12.5. The normalized spacial score (nSPS) is 13.5. The predicted molar refractivity (Wildman–Crippen MR) is 92.2 cm³/mol. The minimum atomic E-state index is -2.28. The van der Waals surface area contributed by atoms with Crippen LogP contribution < -0.4 is 0 Å². The standard InChI is InChI=1S/C18H13Cl2FN2O/c19-14-6-7-15(16(20)10-14)17(24)18(21,11-23-9-8-22-12-23)13-4-2-1-3-5-13/h1-10,12H,11H2. The Bertz CT molecular complexity index is 853. The number of carbonyl (C=O) groups is 1. The van der Waals surface area contributed by atoms with Crippen LogP contribution in [0, 0.1) is 0 Å². The summed E-state index contributed by atoms with van der Waals surface area (Å²) in [6.45, 7) is -0.200. The van der Waals surface area contributed by atoms with E-state index in [1.165, 1.54) is 35.3 Å². The van der Waals surface area contributed by atoms with Gasteiger partial charge in [-0.3, -0.25) is 4.79 Å². The second-order valence-corrected chi connectivity index (χ2v) is 6.20. The smallest absolute Gasteiger partial charge is 0.216 e. The molecular weight excluding hydrogens is 350 g/mol. The van der Waals surface area contributed by atoms with Crippen molar-refractivity contribution in [2.45, 2.75) is 12.2 Å². The number of imidazole rings is 1. The lowest BCUT2D eigenvalue weighted by Gasteiger charge is -2.25. The van der Waals surface area contributed by atoms with Crippen molar-refractivity contribution in [1.82, 2.24) is 9.55 Å². The van der Waals surface area contributed by atoms with Crippen molar-refractivity contribution < 1.29 is 9.18 Å². The van der Waals surface area contributed by atoms with Crippen molar-refractivity contribution in [3.05, 3.63) is 88.4 Å². The van der Waals surface area contributed by atoms with Crippen LogP contribution in [-0.2, 0) is 12.2 Å². The summed E-state index contributed by atoms with van der Waals surface area (Å²) in [5.41, 5.74) is -1.93. The van der Waals surface area contributed by atoms with Gasteiger partial charge in [0.1, 0.15) is 0 Å². The Hall–Kier alpha value is -2.17. The molecule has 1 atom stereocenters. The number of aromatic nitrogens is 2. The van der Waals surface area contributed by atoms with Gasteiger partial charge in [-0.1, -0.05) is 53.5 Å². The van der Waals surface area contributed by atoms with Crippen molar-refractivity contribution in [2.24, 2.45) is 0 Å². The van der Waals surface area contributed by atoms with E-state index in [2.05, 4.69) is 4.98 Å². The molecule has 0 saturated heterocycles. The molecule has 6 heteroatoms. The third-order valence-electron chi connectivity index (χ3n) is 3.73. The number of hydrogen-bond donors (Lipinski definition) is 0. The van der Waals surface area contributed by atoms with E-state index in [0.717, 1.165) is 0 Å². The second kappa shape index (κ2) is 6.75. The number of rotatable bonds is 5. The minimum Gasteiger partial charge on any atom is -0.333 e. The molecule has 0 amide bonds. The minimum absolute atomic E-state index is 0.0903. The van der Waals surface area contributed by atoms with Gasteiger partial charge in [0.05, 0.1) is 17.9 Å². The Labute approximate surface area is 148 Å². The number of Topliss-reactive ketones (excluding diaryl/α,β-unsaturated/α-hetero) is 1. The Morgan fingerprint density at radius 3 is 2.54 bits per heavy atom. The van der Waals surface area contributed by atoms with Crippen molar-refractivity contribution in [3.8, 4) is 0 Å². The van der Waals surface area contributed by atoms with Crippen molar-refractivity contribution in [3.63, 3.8) is 0 Å².